The maximum Gasteiger partial charge on any atom is 0.0460 e. The molecule has 0 amide bonds. The molecule has 0 aliphatic carbocycles. The van der Waals surface area contributed by atoms with Crippen LogP contribution in [0.1, 0.15) is 11.1 Å². The molecular formula is C10H14N2OS. The average molecular weight is 210 g/mol. The van der Waals surface area contributed by atoms with Crippen LogP contribution in [0.15, 0.2) is 18.2 Å². The Hall–Kier alpha value is -1.00. The minimum absolute atomic E-state index is 0.884. The third-order valence-electron chi connectivity index (χ3n) is 2.17. The first-order chi connectivity index (χ1) is 6.54. The highest BCUT2D eigenvalue weighted by Crippen LogP contribution is 2.20. The highest BCUT2D eigenvalue weighted by atomic mass is 32.2. The summed E-state index contributed by atoms with van der Waals surface area (Å²) >= 11 is 0. The van der Waals surface area contributed by atoms with Gasteiger partial charge in [-0.1, -0.05) is 6.07 Å². The molecule has 1 unspecified atom stereocenters. The van der Waals surface area contributed by atoms with Crippen molar-refractivity contribution in [2.24, 2.45) is 0 Å². The van der Waals surface area contributed by atoms with Gasteiger partial charge in [-0.15, -0.1) is 0 Å². The van der Waals surface area contributed by atoms with Crippen LogP contribution < -0.4 is 10.0 Å². The van der Waals surface area contributed by atoms with Gasteiger partial charge < -0.3 is 10.0 Å². The molecule has 0 saturated heterocycles. The fourth-order valence-electron chi connectivity index (χ4n) is 1.61. The lowest BCUT2D eigenvalue weighted by molar-refractivity contribution is 0.688. The molecule has 0 spiro atoms. The standard InChI is InChI=1S/C10H14N2OS/c1-14(2,13)12-10-4-3-8-6-11-7-9(8)5-10/h3-5,11H,1,6-7H2,2H3,(H,12,13). The Bertz CT molecular complexity index is 451. The summed E-state index contributed by atoms with van der Waals surface area (Å²) in [6.45, 7) is 1.83. The van der Waals surface area contributed by atoms with E-state index in [1.807, 2.05) is 12.1 Å². The van der Waals surface area contributed by atoms with Gasteiger partial charge in [-0.25, -0.2) is 4.21 Å². The van der Waals surface area contributed by atoms with Crippen LogP contribution in [0, 0.1) is 0 Å². The van der Waals surface area contributed by atoms with Crippen molar-refractivity contribution in [2.75, 3.05) is 11.0 Å². The summed E-state index contributed by atoms with van der Waals surface area (Å²) in [6, 6.07) is 6.03. The first-order valence-corrected chi connectivity index (χ1v) is 6.61. The largest absolute Gasteiger partial charge is 0.313 e. The van der Waals surface area contributed by atoms with Crippen LogP contribution in [-0.2, 0) is 22.8 Å². The Morgan fingerprint density at radius 3 is 2.86 bits per heavy atom. The maximum atomic E-state index is 11.4. The van der Waals surface area contributed by atoms with Gasteiger partial charge in [0.25, 0.3) is 0 Å². The molecule has 14 heavy (non-hydrogen) atoms. The SMILES string of the molecule is C=S(C)(=O)Nc1ccc2c(c1)CNC2. The van der Waals surface area contributed by atoms with Gasteiger partial charge >= 0.3 is 0 Å². The zero-order chi connectivity index (χ0) is 10.2. The summed E-state index contributed by atoms with van der Waals surface area (Å²) in [5, 5.41) is 3.26. The van der Waals surface area contributed by atoms with Gasteiger partial charge in [0.2, 0.25) is 0 Å². The van der Waals surface area contributed by atoms with E-state index < -0.39 is 9.71 Å². The number of benzene rings is 1. The number of hydrogen-bond acceptors (Lipinski definition) is 2. The van der Waals surface area contributed by atoms with Crippen LogP contribution in [0.25, 0.3) is 0 Å². The molecule has 0 radical (unpaired) electrons. The Balaban J connectivity index is 2.29. The van der Waals surface area contributed by atoms with Crippen LogP contribution in [0.4, 0.5) is 5.69 Å². The lowest BCUT2D eigenvalue weighted by Crippen LogP contribution is -2.09. The third-order valence-corrected chi connectivity index (χ3v) is 2.84. The lowest BCUT2D eigenvalue weighted by atomic mass is 10.1. The fraction of sp³-hybridized carbons (Fsp3) is 0.300. The zero-order valence-electron chi connectivity index (χ0n) is 8.17. The van der Waals surface area contributed by atoms with Crippen molar-refractivity contribution in [2.45, 2.75) is 13.1 Å². The highest BCUT2D eigenvalue weighted by Gasteiger charge is 2.10. The quantitative estimate of drug-likeness (QED) is 0.714. The fourth-order valence-corrected chi connectivity index (χ4v) is 2.23. The molecule has 0 saturated carbocycles. The van der Waals surface area contributed by atoms with E-state index in [-0.39, 0.29) is 0 Å². The zero-order valence-corrected chi connectivity index (χ0v) is 8.99. The molecule has 76 valence electrons. The normalized spacial score (nSPS) is 18.6. The second-order valence-corrected chi connectivity index (χ2v) is 5.91. The summed E-state index contributed by atoms with van der Waals surface area (Å²) < 4.78 is 14.3. The second-order valence-electron chi connectivity index (χ2n) is 3.69. The number of rotatable bonds is 2. The van der Waals surface area contributed by atoms with Gasteiger partial charge in [-0.2, -0.15) is 0 Å². The summed E-state index contributed by atoms with van der Waals surface area (Å²) in [7, 11) is -2.17. The van der Waals surface area contributed by atoms with Gasteiger partial charge in [-0.05, 0) is 29.1 Å². The van der Waals surface area contributed by atoms with E-state index in [9.17, 15) is 4.21 Å². The van der Waals surface area contributed by atoms with Gasteiger partial charge in [0.05, 0.1) is 0 Å². The van der Waals surface area contributed by atoms with E-state index in [0.717, 1.165) is 18.8 Å². The van der Waals surface area contributed by atoms with Gasteiger partial charge in [-0.3, -0.25) is 0 Å². The molecule has 1 heterocycles. The molecule has 1 aliphatic heterocycles. The molecule has 0 bridgehead atoms. The monoisotopic (exact) mass is 210 g/mol. The molecule has 1 aromatic carbocycles. The molecular weight excluding hydrogens is 196 g/mol. The van der Waals surface area contributed by atoms with E-state index in [2.05, 4.69) is 22.0 Å². The first-order valence-electron chi connectivity index (χ1n) is 4.47. The van der Waals surface area contributed by atoms with Crippen LogP contribution in [0.2, 0.25) is 0 Å². The van der Waals surface area contributed by atoms with Crippen LogP contribution in [0.3, 0.4) is 0 Å². The van der Waals surface area contributed by atoms with E-state index in [1.165, 1.54) is 11.1 Å². The van der Waals surface area contributed by atoms with Crippen LogP contribution >= 0.6 is 0 Å². The van der Waals surface area contributed by atoms with Crippen molar-refractivity contribution in [1.29, 1.82) is 0 Å². The van der Waals surface area contributed by atoms with E-state index in [0.29, 0.717) is 0 Å². The van der Waals surface area contributed by atoms with Crippen molar-refractivity contribution >= 4 is 21.3 Å². The Labute approximate surface area is 84.7 Å². The number of fused-ring (bicyclic) bond motifs is 1. The molecule has 1 aromatic rings. The molecule has 2 rings (SSSR count). The molecule has 1 atom stereocenters. The molecule has 0 fully saturated rings. The average Bonchev–Trinajstić information content (AvgIpc) is 2.47. The molecule has 4 heteroatoms. The molecule has 2 N–H and O–H groups in total. The Morgan fingerprint density at radius 2 is 2.14 bits per heavy atom. The van der Waals surface area contributed by atoms with Crippen molar-refractivity contribution in [3.8, 4) is 0 Å². The van der Waals surface area contributed by atoms with E-state index in [4.69, 9.17) is 0 Å². The van der Waals surface area contributed by atoms with E-state index >= 15 is 0 Å². The number of nitrogens with one attached hydrogen (secondary N) is 2. The van der Waals surface area contributed by atoms with Crippen molar-refractivity contribution in [3.63, 3.8) is 0 Å². The van der Waals surface area contributed by atoms with Crippen molar-refractivity contribution in [1.82, 2.24) is 5.32 Å². The van der Waals surface area contributed by atoms with Gasteiger partial charge in [0.1, 0.15) is 0 Å². The topological polar surface area (TPSA) is 41.1 Å². The lowest BCUT2D eigenvalue weighted by Gasteiger charge is -2.08. The Kier molecular flexibility index (Phi) is 2.25. The van der Waals surface area contributed by atoms with Crippen molar-refractivity contribution in [3.05, 3.63) is 29.3 Å². The van der Waals surface area contributed by atoms with Crippen molar-refractivity contribution < 1.29 is 4.21 Å². The first kappa shape index (κ1) is 9.55. The Morgan fingerprint density at radius 1 is 1.43 bits per heavy atom. The summed E-state index contributed by atoms with van der Waals surface area (Å²) in [5.74, 6) is 3.56. The summed E-state index contributed by atoms with van der Waals surface area (Å²) in [5.41, 5.74) is 3.48. The maximum absolute atomic E-state index is 11.4. The molecule has 3 nitrogen and oxygen atoms in total. The highest BCUT2D eigenvalue weighted by molar-refractivity contribution is 8.00. The molecule has 1 aliphatic rings. The predicted octanol–water partition coefficient (Wildman–Crippen LogP) is 0.963. The van der Waals surface area contributed by atoms with Gasteiger partial charge in [0.15, 0.2) is 0 Å². The number of anilines is 1. The minimum atomic E-state index is -2.17. The van der Waals surface area contributed by atoms with E-state index in [1.54, 1.807) is 6.26 Å². The van der Waals surface area contributed by atoms with Crippen LogP contribution in [-0.4, -0.2) is 16.3 Å². The third kappa shape index (κ3) is 2.08. The van der Waals surface area contributed by atoms with Crippen LogP contribution in [0.5, 0.6) is 0 Å². The summed E-state index contributed by atoms with van der Waals surface area (Å²) in [6.07, 6.45) is 1.60. The second kappa shape index (κ2) is 3.29. The predicted molar refractivity (Wildman–Crippen MR) is 61.8 cm³/mol. The van der Waals surface area contributed by atoms with Gasteiger partial charge in [0, 0.05) is 34.7 Å². The molecule has 0 aromatic heterocycles. The number of hydrogen-bond donors (Lipinski definition) is 2. The smallest absolute Gasteiger partial charge is 0.0460 e. The summed E-state index contributed by atoms with van der Waals surface area (Å²) in [4.78, 5) is 0. The minimum Gasteiger partial charge on any atom is -0.313 e.